The second-order valence-corrected chi connectivity index (χ2v) is 5.66. The monoisotopic (exact) mass is 307 g/mol. The zero-order chi connectivity index (χ0) is 16.2. The molecule has 2 heterocycles. The molecule has 3 nitrogen and oxygen atoms in total. The van der Waals surface area contributed by atoms with E-state index in [1.807, 2.05) is 13.0 Å². The number of nitrogens with zero attached hydrogens (tertiary/aromatic N) is 1. The number of rotatable bonds is 5. The fourth-order valence-corrected chi connectivity index (χ4v) is 2.88. The number of carbonyl (C=O) groups is 1. The maximum absolute atomic E-state index is 11.4. The van der Waals surface area contributed by atoms with Crippen molar-refractivity contribution in [2.24, 2.45) is 0 Å². The van der Waals surface area contributed by atoms with Gasteiger partial charge in [0.05, 0.1) is 6.61 Å². The van der Waals surface area contributed by atoms with Crippen LogP contribution in [0.25, 0.3) is 16.6 Å². The standard InChI is InChI=1S/C20H21NO2/c1-3-23-20(22)12-9-16-7-10-17(11-8-16)18-14-21-13-5-4-6-19(21)15(18)2/h4-8,10-11,13-14H,3,9,12H2,1-2H3. The normalized spacial score (nSPS) is 10.9. The average molecular weight is 307 g/mol. The smallest absolute Gasteiger partial charge is 0.306 e. The number of hydrogen-bond acceptors (Lipinski definition) is 2. The Morgan fingerprint density at radius 2 is 1.91 bits per heavy atom. The molecule has 3 aromatic rings. The number of pyridine rings is 1. The molecule has 0 saturated carbocycles. The minimum Gasteiger partial charge on any atom is -0.466 e. The third-order valence-corrected chi connectivity index (χ3v) is 4.13. The Bertz CT molecular complexity index is 815. The quantitative estimate of drug-likeness (QED) is 0.654. The molecule has 0 aliphatic heterocycles. The highest BCUT2D eigenvalue weighted by Gasteiger charge is 2.08. The Hall–Kier alpha value is -2.55. The summed E-state index contributed by atoms with van der Waals surface area (Å²) in [6.45, 7) is 4.43. The van der Waals surface area contributed by atoms with Gasteiger partial charge < -0.3 is 9.14 Å². The van der Waals surface area contributed by atoms with Crippen LogP contribution in [0.3, 0.4) is 0 Å². The number of ether oxygens (including phenoxy) is 1. The van der Waals surface area contributed by atoms with E-state index in [2.05, 4.69) is 60.1 Å². The summed E-state index contributed by atoms with van der Waals surface area (Å²) >= 11 is 0. The van der Waals surface area contributed by atoms with E-state index in [0.717, 1.165) is 12.0 Å². The first kappa shape index (κ1) is 15.3. The fourth-order valence-electron chi connectivity index (χ4n) is 2.88. The van der Waals surface area contributed by atoms with Crippen LogP contribution in [0, 0.1) is 6.92 Å². The topological polar surface area (TPSA) is 30.7 Å². The third-order valence-electron chi connectivity index (χ3n) is 4.13. The lowest BCUT2D eigenvalue weighted by Crippen LogP contribution is -2.05. The van der Waals surface area contributed by atoms with E-state index < -0.39 is 0 Å². The van der Waals surface area contributed by atoms with Gasteiger partial charge in [0, 0.05) is 29.9 Å². The Labute approximate surface area is 136 Å². The third kappa shape index (κ3) is 3.29. The van der Waals surface area contributed by atoms with Gasteiger partial charge in [-0.2, -0.15) is 0 Å². The average Bonchev–Trinajstić information content (AvgIpc) is 2.91. The van der Waals surface area contributed by atoms with Crippen molar-refractivity contribution < 1.29 is 9.53 Å². The van der Waals surface area contributed by atoms with Gasteiger partial charge in [-0.1, -0.05) is 30.3 Å². The molecule has 0 aliphatic carbocycles. The highest BCUT2D eigenvalue weighted by atomic mass is 16.5. The lowest BCUT2D eigenvalue weighted by Gasteiger charge is -2.04. The molecule has 23 heavy (non-hydrogen) atoms. The zero-order valence-electron chi connectivity index (χ0n) is 13.6. The van der Waals surface area contributed by atoms with E-state index in [1.54, 1.807) is 0 Å². The molecule has 0 N–H and O–H groups in total. The first-order chi connectivity index (χ1) is 11.2. The highest BCUT2D eigenvalue weighted by molar-refractivity contribution is 5.76. The first-order valence-corrected chi connectivity index (χ1v) is 8.00. The second-order valence-electron chi connectivity index (χ2n) is 5.66. The van der Waals surface area contributed by atoms with Crippen molar-refractivity contribution in [2.45, 2.75) is 26.7 Å². The second kappa shape index (κ2) is 6.69. The SMILES string of the molecule is CCOC(=O)CCc1ccc(-c2cn3ccccc3c2C)cc1. The van der Waals surface area contributed by atoms with Crippen molar-refractivity contribution in [2.75, 3.05) is 6.61 Å². The van der Waals surface area contributed by atoms with Gasteiger partial charge in [0.1, 0.15) is 0 Å². The minimum absolute atomic E-state index is 0.133. The molecule has 0 fully saturated rings. The van der Waals surface area contributed by atoms with Crippen LogP contribution in [0.1, 0.15) is 24.5 Å². The number of esters is 1. The van der Waals surface area contributed by atoms with Crippen molar-refractivity contribution in [3.8, 4) is 11.1 Å². The van der Waals surface area contributed by atoms with E-state index in [0.29, 0.717) is 13.0 Å². The van der Waals surface area contributed by atoms with Crippen molar-refractivity contribution in [1.82, 2.24) is 4.40 Å². The zero-order valence-corrected chi connectivity index (χ0v) is 13.6. The molecular weight excluding hydrogens is 286 g/mol. The first-order valence-electron chi connectivity index (χ1n) is 8.00. The van der Waals surface area contributed by atoms with Crippen LogP contribution in [-0.4, -0.2) is 17.0 Å². The molecule has 0 radical (unpaired) electrons. The molecule has 3 rings (SSSR count). The van der Waals surface area contributed by atoms with Gasteiger partial charge in [-0.05, 0) is 49.1 Å². The van der Waals surface area contributed by atoms with Crippen molar-refractivity contribution in [3.63, 3.8) is 0 Å². The van der Waals surface area contributed by atoms with Crippen molar-refractivity contribution in [1.29, 1.82) is 0 Å². The van der Waals surface area contributed by atoms with E-state index in [1.165, 1.54) is 22.2 Å². The fraction of sp³-hybridized carbons (Fsp3) is 0.250. The highest BCUT2D eigenvalue weighted by Crippen LogP contribution is 2.28. The summed E-state index contributed by atoms with van der Waals surface area (Å²) in [6, 6.07) is 14.7. The van der Waals surface area contributed by atoms with Crippen LogP contribution < -0.4 is 0 Å². The van der Waals surface area contributed by atoms with Crippen molar-refractivity contribution in [3.05, 3.63) is 66.0 Å². The Kier molecular flexibility index (Phi) is 4.47. The van der Waals surface area contributed by atoms with E-state index in [9.17, 15) is 4.79 Å². The van der Waals surface area contributed by atoms with Crippen LogP contribution >= 0.6 is 0 Å². The lowest BCUT2D eigenvalue weighted by molar-refractivity contribution is -0.143. The molecule has 0 atom stereocenters. The number of aryl methyl sites for hydroxylation is 2. The Morgan fingerprint density at radius 3 is 2.61 bits per heavy atom. The summed E-state index contributed by atoms with van der Waals surface area (Å²) in [5, 5.41) is 0. The molecule has 0 unspecified atom stereocenters. The predicted octanol–water partition coefficient (Wildman–Crippen LogP) is 4.41. The maximum atomic E-state index is 11.4. The maximum Gasteiger partial charge on any atom is 0.306 e. The summed E-state index contributed by atoms with van der Waals surface area (Å²) < 4.78 is 7.12. The molecule has 0 spiro atoms. The lowest BCUT2D eigenvalue weighted by atomic mass is 10.0. The molecule has 0 aliphatic rings. The molecule has 1 aromatic carbocycles. The minimum atomic E-state index is -0.133. The number of fused-ring (bicyclic) bond motifs is 1. The number of hydrogen-bond donors (Lipinski definition) is 0. The van der Waals surface area contributed by atoms with Gasteiger partial charge in [0.25, 0.3) is 0 Å². The summed E-state index contributed by atoms with van der Waals surface area (Å²) in [7, 11) is 0. The number of benzene rings is 1. The molecule has 3 heteroatoms. The molecule has 0 bridgehead atoms. The Balaban J connectivity index is 1.78. The number of aromatic nitrogens is 1. The summed E-state index contributed by atoms with van der Waals surface area (Å²) in [6.07, 6.45) is 5.38. The van der Waals surface area contributed by atoms with Gasteiger partial charge in [-0.3, -0.25) is 4.79 Å². The van der Waals surface area contributed by atoms with Gasteiger partial charge >= 0.3 is 5.97 Å². The van der Waals surface area contributed by atoms with Crippen molar-refractivity contribution >= 4 is 11.5 Å². The summed E-state index contributed by atoms with van der Waals surface area (Å²) in [5.41, 5.74) is 6.11. The van der Waals surface area contributed by atoms with Crippen LogP contribution in [0.5, 0.6) is 0 Å². The van der Waals surface area contributed by atoms with Crippen LogP contribution in [0.4, 0.5) is 0 Å². The van der Waals surface area contributed by atoms with E-state index in [-0.39, 0.29) is 5.97 Å². The summed E-state index contributed by atoms with van der Waals surface area (Å²) in [5.74, 6) is -0.133. The van der Waals surface area contributed by atoms with Gasteiger partial charge in [0.15, 0.2) is 0 Å². The molecule has 0 amide bonds. The summed E-state index contributed by atoms with van der Waals surface area (Å²) in [4.78, 5) is 11.4. The predicted molar refractivity (Wildman–Crippen MR) is 92.5 cm³/mol. The van der Waals surface area contributed by atoms with Crippen LogP contribution in [-0.2, 0) is 16.0 Å². The number of carbonyl (C=O) groups excluding carboxylic acids is 1. The Morgan fingerprint density at radius 1 is 1.13 bits per heavy atom. The molecule has 0 saturated heterocycles. The van der Waals surface area contributed by atoms with Gasteiger partial charge in [0.2, 0.25) is 0 Å². The van der Waals surface area contributed by atoms with E-state index in [4.69, 9.17) is 4.74 Å². The van der Waals surface area contributed by atoms with Crippen LogP contribution in [0.2, 0.25) is 0 Å². The van der Waals surface area contributed by atoms with Gasteiger partial charge in [-0.25, -0.2) is 0 Å². The molecule has 2 aromatic heterocycles. The molecule has 118 valence electrons. The van der Waals surface area contributed by atoms with Gasteiger partial charge in [-0.15, -0.1) is 0 Å². The van der Waals surface area contributed by atoms with E-state index >= 15 is 0 Å². The molecular formula is C20H21NO2. The van der Waals surface area contributed by atoms with Crippen LogP contribution in [0.15, 0.2) is 54.9 Å². The largest absolute Gasteiger partial charge is 0.466 e.